The molecule has 0 unspecified atom stereocenters. The molecule has 0 heterocycles. The quantitative estimate of drug-likeness (QED) is 0.273. The number of carbonyl (C=O) groups is 1. The van der Waals surface area contributed by atoms with Gasteiger partial charge in [0.05, 0.1) is 6.61 Å². The van der Waals surface area contributed by atoms with Crippen molar-refractivity contribution in [3.63, 3.8) is 0 Å². The molecule has 0 aromatic carbocycles. The molecule has 0 amide bonds. The van der Waals surface area contributed by atoms with Crippen molar-refractivity contribution < 1.29 is 23.1 Å². The maximum absolute atomic E-state index is 10.5. The molecule has 0 fully saturated rings. The monoisotopic (exact) mass is 208 g/mol. The first kappa shape index (κ1) is 12.5. The highest BCUT2D eigenvalue weighted by Gasteiger charge is 2.06. The summed E-state index contributed by atoms with van der Waals surface area (Å²) in [5.74, 6) is -0.470. The van der Waals surface area contributed by atoms with Crippen molar-refractivity contribution in [2.45, 2.75) is 0 Å². The molecule has 0 rings (SSSR count). The Morgan fingerprint density at radius 3 is 2.46 bits per heavy atom. The van der Waals surface area contributed by atoms with Crippen LogP contribution in [0.25, 0.3) is 0 Å². The van der Waals surface area contributed by atoms with Gasteiger partial charge in [-0.1, -0.05) is 6.58 Å². The van der Waals surface area contributed by atoms with E-state index >= 15 is 0 Å². The second-order valence-corrected chi connectivity index (χ2v) is 3.23. The summed E-state index contributed by atoms with van der Waals surface area (Å²) in [6, 6.07) is 0. The third kappa shape index (κ3) is 6.66. The summed E-state index contributed by atoms with van der Waals surface area (Å²) in [6.07, 6.45) is 1.09. The summed E-state index contributed by atoms with van der Waals surface area (Å²) < 4.78 is 19.3. The molecule has 0 bridgehead atoms. The predicted octanol–water partition coefficient (Wildman–Crippen LogP) is 1.25. The highest BCUT2D eigenvalue weighted by atomic mass is 31.2. The van der Waals surface area contributed by atoms with Gasteiger partial charge in [0.15, 0.2) is 0 Å². The van der Waals surface area contributed by atoms with Crippen LogP contribution in [0.5, 0.6) is 0 Å². The van der Waals surface area contributed by atoms with Crippen LogP contribution in [0.1, 0.15) is 0 Å². The Balaban J connectivity index is 3.33. The van der Waals surface area contributed by atoms with E-state index in [1.165, 1.54) is 14.2 Å². The summed E-state index contributed by atoms with van der Waals surface area (Å²) in [4.78, 5) is 10.5. The minimum absolute atomic E-state index is 0.163. The molecule has 0 saturated carbocycles. The minimum Gasteiger partial charge on any atom is -0.460 e. The van der Waals surface area contributed by atoms with Crippen molar-refractivity contribution in [2.24, 2.45) is 0 Å². The Morgan fingerprint density at radius 2 is 2.00 bits per heavy atom. The summed E-state index contributed by atoms with van der Waals surface area (Å²) in [6.45, 7) is 3.65. The van der Waals surface area contributed by atoms with E-state index in [2.05, 4.69) is 11.3 Å². The predicted molar refractivity (Wildman–Crippen MR) is 48.0 cm³/mol. The highest BCUT2D eigenvalue weighted by Crippen LogP contribution is 2.36. The van der Waals surface area contributed by atoms with Crippen LogP contribution >= 0.6 is 8.60 Å². The van der Waals surface area contributed by atoms with Gasteiger partial charge in [-0.05, 0) is 0 Å². The fraction of sp³-hybridized carbons (Fsp3) is 0.571. The number of ether oxygens (including phenoxy) is 1. The van der Waals surface area contributed by atoms with Crippen LogP contribution in [0.3, 0.4) is 0 Å². The molecule has 0 saturated heterocycles. The zero-order valence-electron chi connectivity index (χ0n) is 7.69. The van der Waals surface area contributed by atoms with Crippen LogP contribution in [-0.2, 0) is 23.1 Å². The van der Waals surface area contributed by atoms with Crippen molar-refractivity contribution in [1.82, 2.24) is 0 Å². The molecule has 0 aromatic heterocycles. The molecule has 13 heavy (non-hydrogen) atoms. The molecule has 0 aliphatic rings. The van der Waals surface area contributed by atoms with Crippen molar-refractivity contribution in [3.05, 3.63) is 12.7 Å². The van der Waals surface area contributed by atoms with Crippen LogP contribution < -0.4 is 0 Å². The third-order valence-electron chi connectivity index (χ3n) is 0.989. The molecular formula is C7H13O5P. The maximum Gasteiger partial charge on any atom is 0.332 e. The van der Waals surface area contributed by atoms with Gasteiger partial charge in [0.1, 0.15) is 6.61 Å². The second kappa shape index (κ2) is 8.13. The lowest BCUT2D eigenvalue weighted by molar-refractivity contribution is -0.138. The van der Waals surface area contributed by atoms with E-state index in [4.69, 9.17) is 13.6 Å². The molecule has 0 spiro atoms. The molecule has 0 N–H and O–H groups in total. The second-order valence-electron chi connectivity index (χ2n) is 1.79. The average Bonchev–Trinajstić information content (AvgIpc) is 2.18. The summed E-state index contributed by atoms with van der Waals surface area (Å²) in [5.41, 5.74) is 0. The van der Waals surface area contributed by atoms with Crippen LogP contribution in [0.2, 0.25) is 0 Å². The molecule has 0 aromatic rings. The fourth-order valence-corrected chi connectivity index (χ4v) is 1.08. The van der Waals surface area contributed by atoms with Gasteiger partial charge in [0.25, 0.3) is 0 Å². The first-order valence-corrected chi connectivity index (χ1v) is 4.64. The molecule has 0 atom stereocenters. The summed E-state index contributed by atoms with van der Waals surface area (Å²) in [5, 5.41) is 0. The van der Waals surface area contributed by atoms with Crippen molar-refractivity contribution in [2.75, 3.05) is 27.4 Å². The van der Waals surface area contributed by atoms with E-state index in [1.54, 1.807) is 0 Å². The molecule has 5 nitrogen and oxygen atoms in total. The molecule has 0 aliphatic carbocycles. The van der Waals surface area contributed by atoms with Crippen molar-refractivity contribution in [3.8, 4) is 0 Å². The van der Waals surface area contributed by atoms with E-state index in [1.807, 2.05) is 0 Å². The summed E-state index contributed by atoms with van der Waals surface area (Å²) >= 11 is 0. The zero-order valence-corrected chi connectivity index (χ0v) is 8.58. The molecule has 6 heteroatoms. The van der Waals surface area contributed by atoms with Crippen molar-refractivity contribution in [1.29, 1.82) is 0 Å². The number of hydrogen-bond donors (Lipinski definition) is 0. The number of rotatable bonds is 7. The van der Waals surface area contributed by atoms with Crippen LogP contribution in [0, 0.1) is 0 Å². The van der Waals surface area contributed by atoms with Gasteiger partial charge < -0.3 is 18.3 Å². The third-order valence-corrected chi connectivity index (χ3v) is 1.98. The van der Waals surface area contributed by atoms with Crippen molar-refractivity contribution >= 4 is 14.6 Å². The van der Waals surface area contributed by atoms with Gasteiger partial charge in [-0.3, -0.25) is 0 Å². The fourth-order valence-electron chi connectivity index (χ4n) is 0.493. The van der Waals surface area contributed by atoms with Gasteiger partial charge in [-0.15, -0.1) is 0 Å². The average molecular weight is 208 g/mol. The Morgan fingerprint density at radius 1 is 1.38 bits per heavy atom. The van der Waals surface area contributed by atoms with Gasteiger partial charge >= 0.3 is 14.6 Å². The molecule has 76 valence electrons. The maximum atomic E-state index is 10.5. The molecular weight excluding hydrogens is 195 g/mol. The SMILES string of the molecule is C=CC(=O)OCCOP(OC)OC. The van der Waals surface area contributed by atoms with E-state index in [9.17, 15) is 4.79 Å². The normalized spacial score (nSPS) is 10.1. The van der Waals surface area contributed by atoms with Gasteiger partial charge in [-0.2, -0.15) is 0 Å². The number of carbonyl (C=O) groups excluding carboxylic acids is 1. The molecule has 0 aliphatic heterocycles. The van der Waals surface area contributed by atoms with E-state index in [0.717, 1.165) is 6.08 Å². The smallest absolute Gasteiger partial charge is 0.332 e. The summed E-state index contributed by atoms with van der Waals surface area (Å²) in [7, 11) is 1.65. The Hall–Kier alpha value is -0.480. The zero-order chi connectivity index (χ0) is 10.1. The number of hydrogen-bond acceptors (Lipinski definition) is 5. The lowest BCUT2D eigenvalue weighted by Crippen LogP contribution is -2.07. The number of esters is 1. The minimum atomic E-state index is -1.31. The van der Waals surface area contributed by atoms with Crippen LogP contribution in [0.4, 0.5) is 0 Å². The highest BCUT2D eigenvalue weighted by molar-refractivity contribution is 7.41. The lowest BCUT2D eigenvalue weighted by atomic mass is 10.6. The first-order chi connectivity index (χ1) is 6.24. The molecule has 0 radical (unpaired) electrons. The van der Waals surface area contributed by atoms with Crippen LogP contribution in [0.15, 0.2) is 12.7 Å². The van der Waals surface area contributed by atoms with Crippen LogP contribution in [-0.4, -0.2) is 33.4 Å². The largest absolute Gasteiger partial charge is 0.460 e. The standard InChI is InChI=1S/C7H13O5P/c1-4-7(8)11-5-6-12-13(9-2)10-3/h4H,1,5-6H2,2-3H3. The van der Waals surface area contributed by atoms with E-state index < -0.39 is 14.6 Å². The Kier molecular flexibility index (Phi) is 7.83. The van der Waals surface area contributed by atoms with Gasteiger partial charge in [0, 0.05) is 20.3 Å². The van der Waals surface area contributed by atoms with Gasteiger partial charge in [0.2, 0.25) is 0 Å². The van der Waals surface area contributed by atoms with E-state index in [0.29, 0.717) is 0 Å². The van der Waals surface area contributed by atoms with E-state index in [-0.39, 0.29) is 13.2 Å². The first-order valence-electron chi connectivity index (χ1n) is 3.55. The Labute approximate surface area is 78.6 Å². The topological polar surface area (TPSA) is 54.0 Å². The lowest BCUT2D eigenvalue weighted by Gasteiger charge is -2.10. The van der Waals surface area contributed by atoms with Gasteiger partial charge in [-0.25, -0.2) is 4.79 Å². The Bertz CT molecular complexity index is 157.